The molecule has 2 aromatic carbocycles. The van der Waals surface area contributed by atoms with E-state index in [9.17, 15) is 9.59 Å². The van der Waals surface area contributed by atoms with Gasteiger partial charge < -0.3 is 14.2 Å². The molecule has 1 atom stereocenters. The van der Waals surface area contributed by atoms with Crippen molar-refractivity contribution in [1.29, 1.82) is 0 Å². The van der Waals surface area contributed by atoms with Crippen molar-refractivity contribution in [2.75, 3.05) is 7.11 Å². The minimum Gasteiger partial charge on any atom is -0.497 e. The smallest absolute Gasteiger partial charge is 0.339 e. The number of hydrogen-bond acceptors (Lipinski definition) is 5. The molecule has 29 heavy (non-hydrogen) atoms. The zero-order chi connectivity index (χ0) is 21.0. The number of benzene rings is 2. The number of fused-ring (bicyclic) bond motifs is 1. The first-order valence-electron chi connectivity index (χ1n) is 10.1. The Morgan fingerprint density at radius 3 is 2.38 bits per heavy atom. The topological polar surface area (TPSA) is 61.8 Å². The van der Waals surface area contributed by atoms with Crippen LogP contribution in [0, 0.1) is 5.92 Å². The highest BCUT2D eigenvalue weighted by molar-refractivity contribution is 5.90. The van der Waals surface area contributed by atoms with Crippen molar-refractivity contribution in [2.45, 2.75) is 52.1 Å². The van der Waals surface area contributed by atoms with Gasteiger partial charge in [-0.2, -0.15) is 0 Å². The molecular weight excluding hydrogens is 368 g/mol. The largest absolute Gasteiger partial charge is 0.497 e. The van der Waals surface area contributed by atoms with Crippen LogP contribution >= 0.6 is 0 Å². The molecular formula is C24H28O5. The van der Waals surface area contributed by atoms with Gasteiger partial charge in [-0.3, -0.25) is 4.79 Å². The molecule has 3 rings (SSSR count). The van der Waals surface area contributed by atoms with Crippen LogP contribution in [0.5, 0.6) is 11.5 Å². The van der Waals surface area contributed by atoms with Crippen LogP contribution in [0.4, 0.5) is 0 Å². The summed E-state index contributed by atoms with van der Waals surface area (Å²) in [6.45, 7) is 5.58. The molecule has 0 amide bonds. The van der Waals surface area contributed by atoms with Crippen LogP contribution in [0.3, 0.4) is 0 Å². The van der Waals surface area contributed by atoms with Gasteiger partial charge >= 0.3 is 11.9 Å². The summed E-state index contributed by atoms with van der Waals surface area (Å²) in [7, 11) is 1.64. The predicted octanol–water partition coefficient (Wildman–Crippen LogP) is 5.06. The maximum absolute atomic E-state index is 12.9. The van der Waals surface area contributed by atoms with Gasteiger partial charge in [-0.05, 0) is 67.6 Å². The molecule has 1 unspecified atom stereocenters. The molecule has 0 aromatic heterocycles. The fraction of sp³-hybridized carbons (Fsp3) is 0.417. The van der Waals surface area contributed by atoms with E-state index in [1.165, 1.54) is 5.56 Å². The Hall–Kier alpha value is -2.82. The van der Waals surface area contributed by atoms with Crippen molar-refractivity contribution in [2.24, 2.45) is 5.92 Å². The lowest BCUT2D eigenvalue weighted by Crippen LogP contribution is -2.35. The number of carbonyl (C=O) groups excluding carboxylic acids is 2. The fourth-order valence-electron chi connectivity index (χ4n) is 3.70. The first kappa shape index (κ1) is 20.9. The minimum absolute atomic E-state index is 0.215. The zero-order valence-corrected chi connectivity index (χ0v) is 17.5. The van der Waals surface area contributed by atoms with Crippen LogP contribution in [-0.4, -0.2) is 19.0 Å². The van der Waals surface area contributed by atoms with E-state index in [2.05, 4.69) is 6.07 Å². The van der Waals surface area contributed by atoms with E-state index in [0.717, 1.165) is 30.6 Å². The van der Waals surface area contributed by atoms with E-state index in [4.69, 9.17) is 14.2 Å². The van der Waals surface area contributed by atoms with E-state index in [1.54, 1.807) is 45.2 Å². The van der Waals surface area contributed by atoms with Gasteiger partial charge in [-0.25, -0.2) is 4.79 Å². The highest BCUT2D eigenvalue weighted by atomic mass is 16.6. The molecule has 0 aliphatic heterocycles. The lowest BCUT2D eigenvalue weighted by atomic mass is 9.77. The molecule has 5 nitrogen and oxygen atoms in total. The average molecular weight is 396 g/mol. The third-order valence-electron chi connectivity index (χ3n) is 5.47. The molecule has 0 N–H and O–H groups in total. The monoisotopic (exact) mass is 396 g/mol. The number of rotatable bonds is 6. The van der Waals surface area contributed by atoms with Gasteiger partial charge in [-0.1, -0.05) is 26.8 Å². The second-order valence-electron chi connectivity index (χ2n) is 7.71. The standard InChI is InChI=1S/C24H28O5/c1-5-24(14-6-7-17-8-13-20(27-4)15-21(17)24)29-23(26)18-9-11-19(12-10-18)28-22(25)16(2)3/h8-13,15-16H,5-7,14H2,1-4H3. The van der Waals surface area contributed by atoms with Gasteiger partial charge in [0.15, 0.2) is 0 Å². The molecule has 0 spiro atoms. The van der Waals surface area contributed by atoms with Gasteiger partial charge in [0.1, 0.15) is 17.1 Å². The number of aryl methyl sites for hydroxylation is 1. The molecule has 2 aromatic rings. The van der Waals surface area contributed by atoms with Crippen molar-refractivity contribution in [1.82, 2.24) is 0 Å². The Balaban J connectivity index is 1.82. The maximum atomic E-state index is 12.9. The first-order valence-corrected chi connectivity index (χ1v) is 10.1. The Morgan fingerprint density at radius 1 is 1.07 bits per heavy atom. The number of carbonyl (C=O) groups is 2. The van der Waals surface area contributed by atoms with Crippen molar-refractivity contribution in [3.63, 3.8) is 0 Å². The summed E-state index contributed by atoms with van der Waals surface area (Å²) in [6.07, 6.45) is 3.39. The SMILES string of the molecule is CCC1(OC(=O)c2ccc(OC(=O)C(C)C)cc2)CCCc2ccc(OC)cc21. The molecule has 0 heterocycles. The summed E-state index contributed by atoms with van der Waals surface area (Å²) >= 11 is 0. The highest BCUT2D eigenvalue weighted by Crippen LogP contribution is 2.43. The summed E-state index contributed by atoms with van der Waals surface area (Å²) < 4.78 is 16.8. The first-order chi connectivity index (χ1) is 13.9. The summed E-state index contributed by atoms with van der Waals surface area (Å²) in [5.74, 6) is 0.267. The second-order valence-corrected chi connectivity index (χ2v) is 7.71. The van der Waals surface area contributed by atoms with Crippen LogP contribution in [0.15, 0.2) is 42.5 Å². The van der Waals surface area contributed by atoms with Crippen molar-refractivity contribution < 1.29 is 23.8 Å². The Labute approximate surface area is 172 Å². The molecule has 0 fully saturated rings. The van der Waals surface area contributed by atoms with E-state index < -0.39 is 5.60 Å². The summed E-state index contributed by atoms with van der Waals surface area (Å²) in [6, 6.07) is 12.5. The van der Waals surface area contributed by atoms with Gasteiger partial charge in [-0.15, -0.1) is 0 Å². The fourth-order valence-corrected chi connectivity index (χ4v) is 3.70. The number of hydrogen-bond donors (Lipinski definition) is 0. The van der Waals surface area contributed by atoms with Crippen LogP contribution in [-0.2, 0) is 21.6 Å². The van der Waals surface area contributed by atoms with Crippen molar-refractivity contribution in [3.8, 4) is 11.5 Å². The lowest BCUT2D eigenvalue weighted by Gasteiger charge is -2.38. The molecule has 5 heteroatoms. The van der Waals surface area contributed by atoms with E-state index in [1.807, 2.05) is 19.1 Å². The van der Waals surface area contributed by atoms with Crippen LogP contribution in [0.25, 0.3) is 0 Å². The van der Waals surface area contributed by atoms with E-state index in [-0.39, 0.29) is 17.9 Å². The zero-order valence-electron chi connectivity index (χ0n) is 17.5. The Kier molecular flexibility index (Phi) is 6.26. The predicted molar refractivity (Wildman–Crippen MR) is 110 cm³/mol. The summed E-state index contributed by atoms with van der Waals surface area (Å²) in [5, 5.41) is 0. The average Bonchev–Trinajstić information content (AvgIpc) is 2.74. The Bertz CT molecular complexity index is 885. The molecule has 1 aliphatic carbocycles. The molecule has 0 saturated heterocycles. The van der Waals surface area contributed by atoms with Crippen molar-refractivity contribution in [3.05, 3.63) is 59.2 Å². The molecule has 154 valence electrons. The van der Waals surface area contributed by atoms with Crippen LogP contribution in [0.1, 0.15) is 61.5 Å². The van der Waals surface area contributed by atoms with Gasteiger partial charge in [0.05, 0.1) is 18.6 Å². The maximum Gasteiger partial charge on any atom is 0.339 e. The number of ether oxygens (including phenoxy) is 3. The molecule has 1 aliphatic rings. The van der Waals surface area contributed by atoms with Crippen molar-refractivity contribution >= 4 is 11.9 Å². The Morgan fingerprint density at radius 2 is 1.76 bits per heavy atom. The van der Waals surface area contributed by atoms with Gasteiger partial charge in [0.25, 0.3) is 0 Å². The number of esters is 2. The minimum atomic E-state index is -0.665. The summed E-state index contributed by atoms with van der Waals surface area (Å²) in [4.78, 5) is 24.6. The van der Waals surface area contributed by atoms with Gasteiger partial charge in [0.2, 0.25) is 0 Å². The van der Waals surface area contributed by atoms with Gasteiger partial charge in [0, 0.05) is 5.56 Å². The van der Waals surface area contributed by atoms with E-state index >= 15 is 0 Å². The third-order valence-corrected chi connectivity index (χ3v) is 5.47. The highest BCUT2D eigenvalue weighted by Gasteiger charge is 2.39. The second kappa shape index (κ2) is 8.68. The third kappa shape index (κ3) is 4.44. The van der Waals surface area contributed by atoms with Crippen LogP contribution < -0.4 is 9.47 Å². The quantitative estimate of drug-likeness (QED) is 0.505. The summed E-state index contributed by atoms with van der Waals surface area (Å²) in [5.41, 5.74) is 1.99. The molecule has 0 radical (unpaired) electrons. The normalized spacial score (nSPS) is 18.1. The lowest BCUT2D eigenvalue weighted by molar-refractivity contribution is -0.137. The van der Waals surface area contributed by atoms with E-state index in [0.29, 0.717) is 17.7 Å². The molecule has 0 saturated carbocycles. The number of methoxy groups -OCH3 is 1. The van der Waals surface area contributed by atoms with Crippen LogP contribution in [0.2, 0.25) is 0 Å². The molecule has 0 bridgehead atoms.